The normalized spacial score (nSPS) is 10.1. The van der Waals surface area contributed by atoms with Crippen molar-refractivity contribution < 1.29 is 24.2 Å². The van der Waals surface area contributed by atoms with E-state index in [9.17, 15) is 9.59 Å². The van der Waals surface area contributed by atoms with Gasteiger partial charge in [0, 0.05) is 12.1 Å². The van der Waals surface area contributed by atoms with Gasteiger partial charge < -0.3 is 19.9 Å². The molecular weight excluding hydrogens is 274 g/mol. The minimum absolute atomic E-state index is 0.163. The molecule has 1 rings (SSSR count). The molecule has 0 saturated heterocycles. The summed E-state index contributed by atoms with van der Waals surface area (Å²) in [6.07, 6.45) is 2.07. The van der Waals surface area contributed by atoms with Gasteiger partial charge in [0.15, 0.2) is 0 Å². The summed E-state index contributed by atoms with van der Waals surface area (Å²) in [5, 5.41) is 11.0. The molecule has 0 saturated carbocycles. The van der Waals surface area contributed by atoms with Gasteiger partial charge in [-0.3, -0.25) is 4.79 Å². The molecule has 0 radical (unpaired) electrons. The van der Waals surface area contributed by atoms with Gasteiger partial charge >= 0.3 is 5.97 Å². The Labute approximate surface area is 124 Å². The third-order valence-electron chi connectivity index (χ3n) is 2.64. The van der Waals surface area contributed by atoms with Crippen LogP contribution in [0.3, 0.4) is 0 Å². The fraction of sp³-hybridized carbons (Fsp3) is 0.467. The van der Waals surface area contributed by atoms with E-state index in [1.54, 1.807) is 24.3 Å². The third-order valence-corrected chi connectivity index (χ3v) is 2.64. The Balaban J connectivity index is 2.29. The zero-order valence-corrected chi connectivity index (χ0v) is 12.1. The number of carbonyl (C=O) groups excluding carboxylic acids is 1. The Hall–Kier alpha value is -2.08. The number of rotatable bonds is 10. The molecule has 0 aliphatic heterocycles. The highest BCUT2D eigenvalue weighted by Crippen LogP contribution is 2.12. The Morgan fingerprint density at radius 1 is 1.19 bits per heavy atom. The van der Waals surface area contributed by atoms with E-state index in [1.807, 2.05) is 0 Å². The molecule has 0 bridgehead atoms. The van der Waals surface area contributed by atoms with Crippen molar-refractivity contribution in [2.45, 2.75) is 19.8 Å². The predicted octanol–water partition coefficient (Wildman–Crippen LogP) is 1.70. The zero-order chi connectivity index (χ0) is 15.5. The molecule has 0 atom stereocenters. The Bertz CT molecular complexity index is 444. The van der Waals surface area contributed by atoms with Crippen molar-refractivity contribution in [2.75, 3.05) is 26.4 Å². The van der Waals surface area contributed by atoms with E-state index in [0.29, 0.717) is 12.2 Å². The number of benzene rings is 1. The highest BCUT2D eigenvalue weighted by Gasteiger charge is 2.05. The van der Waals surface area contributed by atoms with E-state index in [0.717, 1.165) is 18.6 Å². The third kappa shape index (κ3) is 7.31. The molecule has 1 aromatic rings. The van der Waals surface area contributed by atoms with Crippen LogP contribution in [0.2, 0.25) is 0 Å². The summed E-state index contributed by atoms with van der Waals surface area (Å²) in [6, 6.07) is 6.89. The van der Waals surface area contributed by atoms with E-state index in [1.165, 1.54) is 0 Å². The van der Waals surface area contributed by atoms with Crippen LogP contribution >= 0.6 is 0 Å². The smallest absolute Gasteiger partial charge is 0.329 e. The van der Waals surface area contributed by atoms with Gasteiger partial charge in [-0.15, -0.1) is 0 Å². The summed E-state index contributed by atoms with van der Waals surface area (Å²) in [7, 11) is 0. The summed E-state index contributed by atoms with van der Waals surface area (Å²) in [5.41, 5.74) is 0.524. The molecule has 0 fully saturated rings. The number of carbonyl (C=O) groups is 2. The second-order valence-electron chi connectivity index (χ2n) is 4.43. The van der Waals surface area contributed by atoms with Gasteiger partial charge in [-0.2, -0.15) is 0 Å². The van der Waals surface area contributed by atoms with E-state index in [4.69, 9.17) is 14.6 Å². The first-order valence-electron chi connectivity index (χ1n) is 6.94. The maximum Gasteiger partial charge on any atom is 0.329 e. The number of hydrogen-bond acceptors (Lipinski definition) is 4. The lowest BCUT2D eigenvalue weighted by Crippen LogP contribution is -2.27. The van der Waals surface area contributed by atoms with Crippen LogP contribution in [0.4, 0.5) is 0 Å². The van der Waals surface area contributed by atoms with Crippen LogP contribution in [0, 0.1) is 0 Å². The highest BCUT2D eigenvalue weighted by atomic mass is 16.5. The van der Waals surface area contributed by atoms with Crippen LogP contribution < -0.4 is 10.1 Å². The second-order valence-corrected chi connectivity index (χ2v) is 4.43. The molecule has 116 valence electrons. The van der Waals surface area contributed by atoms with E-state index in [2.05, 4.69) is 12.2 Å². The fourth-order valence-corrected chi connectivity index (χ4v) is 1.54. The van der Waals surface area contributed by atoms with E-state index in [-0.39, 0.29) is 25.7 Å². The molecule has 2 N–H and O–H groups in total. The standard InChI is InChI=1S/C15H21NO5/c1-2-3-9-21-13-6-4-12(5-7-13)15(19)16-8-10-20-11-14(17)18/h4-7H,2-3,8-11H2,1H3,(H,16,19)(H,17,18). The predicted molar refractivity (Wildman–Crippen MR) is 77.6 cm³/mol. The van der Waals surface area contributed by atoms with Crippen LogP contribution in [0.1, 0.15) is 30.1 Å². The molecule has 0 unspecified atom stereocenters. The van der Waals surface area contributed by atoms with Crippen LogP contribution in [0.5, 0.6) is 5.75 Å². The van der Waals surface area contributed by atoms with Crippen molar-refractivity contribution in [3.63, 3.8) is 0 Å². The van der Waals surface area contributed by atoms with Crippen LogP contribution in [-0.2, 0) is 9.53 Å². The number of unbranched alkanes of at least 4 members (excludes halogenated alkanes) is 1. The minimum atomic E-state index is -1.03. The Morgan fingerprint density at radius 2 is 1.90 bits per heavy atom. The molecule has 21 heavy (non-hydrogen) atoms. The first kappa shape index (κ1) is 17.0. The first-order chi connectivity index (χ1) is 10.1. The lowest BCUT2D eigenvalue weighted by molar-refractivity contribution is -0.142. The largest absolute Gasteiger partial charge is 0.494 e. The van der Waals surface area contributed by atoms with Crippen LogP contribution in [0.25, 0.3) is 0 Å². The monoisotopic (exact) mass is 295 g/mol. The van der Waals surface area contributed by atoms with Crippen molar-refractivity contribution in [1.82, 2.24) is 5.32 Å². The topological polar surface area (TPSA) is 84.9 Å². The maximum atomic E-state index is 11.8. The number of hydrogen-bond donors (Lipinski definition) is 2. The van der Waals surface area contributed by atoms with Crippen LogP contribution in [0.15, 0.2) is 24.3 Å². The molecule has 0 aliphatic carbocycles. The van der Waals surface area contributed by atoms with Gasteiger partial charge in [-0.25, -0.2) is 4.79 Å². The summed E-state index contributed by atoms with van der Waals surface area (Å²) < 4.78 is 10.3. The molecule has 1 aromatic carbocycles. The molecule has 1 amide bonds. The van der Waals surface area contributed by atoms with Crippen molar-refractivity contribution in [2.24, 2.45) is 0 Å². The van der Waals surface area contributed by atoms with Gasteiger partial charge in [0.25, 0.3) is 5.91 Å². The van der Waals surface area contributed by atoms with E-state index < -0.39 is 5.97 Å². The van der Waals surface area contributed by atoms with Gasteiger partial charge in [-0.05, 0) is 30.7 Å². The summed E-state index contributed by atoms with van der Waals surface area (Å²) in [4.78, 5) is 22.0. The number of ether oxygens (including phenoxy) is 2. The molecule has 6 heteroatoms. The molecule has 0 aromatic heterocycles. The minimum Gasteiger partial charge on any atom is -0.494 e. The quantitative estimate of drug-likeness (QED) is 0.642. The highest BCUT2D eigenvalue weighted by molar-refractivity contribution is 5.94. The Kier molecular flexibility index (Phi) is 7.89. The SMILES string of the molecule is CCCCOc1ccc(C(=O)NCCOCC(=O)O)cc1. The van der Waals surface area contributed by atoms with Gasteiger partial charge in [0.05, 0.1) is 13.2 Å². The average molecular weight is 295 g/mol. The average Bonchev–Trinajstić information content (AvgIpc) is 2.47. The van der Waals surface area contributed by atoms with Crippen LogP contribution in [-0.4, -0.2) is 43.3 Å². The number of carboxylic acids is 1. The first-order valence-corrected chi connectivity index (χ1v) is 6.94. The Morgan fingerprint density at radius 3 is 2.52 bits per heavy atom. The lowest BCUT2D eigenvalue weighted by Gasteiger charge is -2.07. The molecule has 0 aliphatic rings. The molecular formula is C15H21NO5. The summed E-state index contributed by atoms with van der Waals surface area (Å²) in [5.74, 6) is -0.515. The number of carboxylic acid groups (broad SMARTS) is 1. The van der Waals surface area contributed by atoms with E-state index >= 15 is 0 Å². The van der Waals surface area contributed by atoms with Crippen molar-refractivity contribution in [3.05, 3.63) is 29.8 Å². The van der Waals surface area contributed by atoms with Crippen molar-refractivity contribution >= 4 is 11.9 Å². The molecule has 6 nitrogen and oxygen atoms in total. The number of aliphatic carboxylic acids is 1. The zero-order valence-electron chi connectivity index (χ0n) is 12.1. The lowest BCUT2D eigenvalue weighted by atomic mass is 10.2. The van der Waals surface area contributed by atoms with Gasteiger partial charge in [-0.1, -0.05) is 13.3 Å². The number of amides is 1. The summed E-state index contributed by atoms with van der Waals surface area (Å²) >= 11 is 0. The fourth-order valence-electron chi connectivity index (χ4n) is 1.54. The van der Waals surface area contributed by atoms with Gasteiger partial charge in [0.2, 0.25) is 0 Å². The van der Waals surface area contributed by atoms with Crippen molar-refractivity contribution in [1.29, 1.82) is 0 Å². The summed E-state index contributed by atoms with van der Waals surface area (Å²) in [6.45, 7) is 2.83. The molecule has 0 spiro atoms. The molecule has 0 heterocycles. The van der Waals surface area contributed by atoms with Crippen molar-refractivity contribution in [3.8, 4) is 5.75 Å². The second kappa shape index (κ2) is 9.77. The van der Waals surface area contributed by atoms with Gasteiger partial charge in [0.1, 0.15) is 12.4 Å². The maximum absolute atomic E-state index is 11.8. The number of nitrogens with one attached hydrogen (secondary N) is 1.